The molecule has 6 nitrogen and oxygen atoms in total. The number of oxime groups is 2. The van der Waals surface area contributed by atoms with Gasteiger partial charge in [0.1, 0.15) is 7.11 Å². The molecule has 0 aliphatic rings. The minimum atomic E-state index is -4.46. The average molecular weight is 393 g/mol. The largest absolute Gasteiger partial charge is 0.416 e. The molecule has 0 aliphatic carbocycles. The van der Waals surface area contributed by atoms with Crippen molar-refractivity contribution in [3.8, 4) is 0 Å². The molecule has 0 fully saturated rings. The topological polar surface area (TPSA) is 86.3 Å². The fourth-order valence-corrected chi connectivity index (χ4v) is 2.53. The maximum absolute atomic E-state index is 12.9. The highest BCUT2D eigenvalue weighted by Gasteiger charge is 2.31. The number of carbonyl (C=O) groups excluding carboxylic acids is 1. The Morgan fingerprint density at radius 1 is 1.14 bits per heavy atom. The van der Waals surface area contributed by atoms with Crippen molar-refractivity contribution < 1.29 is 27.6 Å². The van der Waals surface area contributed by atoms with E-state index in [2.05, 4.69) is 15.1 Å². The molecule has 2 rings (SSSR count). The summed E-state index contributed by atoms with van der Waals surface area (Å²) in [7, 11) is 1.26. The molecule has 0 spiro atoms. The first kappa shape index (κ1) is 20.9. The average Bonchev–Trinajstić information content (AvgIpc) is 2.66. The van der Waals surface area contributed by atoms with Crippen molar-refractivity contribution in [2.24, 2.45) is 16.0 Å². The van der Waals surface area contributed by atoms with Crippen LogP contribution < -0.4 is 5.73 Å². The maximum Gasteiger partial charge on any atom is 0.416 e. The van der Waals surface area contributed by atoms with Gasteiger partial charge in [0.2, 0.25) is 0 Å². The van der Waals surface area contributed by atoms with Gasteiger partial charge in [-0.2, -0.15) is 13.2 Å². The Morgan fingerprint density at radius 2 is 1.79 bits per heavy atom. The number of halogens is 3. The molecule has 0 saturated heterocycles. The Labute approximate surface area is 159 Å². The van der Waals surface area contributed by atoms with Crippen LogP contribution in [-0.2, 0) is 20.6 Å². The molecular weight excluding hydrogens is 375 g/mol. The van der Waals surface area contributed by atoms with Gasteiger partial charge < -0.3 is 15.4 Å². The summed E-state index contributed by atoms with van der Waals surface area (Å²) in [6, 6.07) is 11.0. The number of amides is 1. The van der Waals surface area contributed by atoms with Gasteiger partial charge in [-0.1, -0.05) is 46.7 Å². The molecule has 28 heavy (non-hydrogen) atoms. The molecule has 2 aromatic rings. The summed E-state index contributed by atoms with van der Waals surface area (Å²) >= 11 is 0. The van der Waals surface area contributed by atoms with E-state index < -0.39 is 23.8 Å². The monoisotopic (exact) mass is 393 g/mol. The lowest BCUT2D eigenvalue weighted by Crippen LogP contribution is -2.26. The maximum atomic E-state index is 12.9. The molecule has 1 amide bonds. The van der Waals surface area contributed by atoms with Crippen LogP contribution in [0.5, 0.6) is 0 Å². The summed E-state index contributed by atoms with van der Waals surface area (Å²) < 4.78 is 38.6. The molecular formula is C19H18F3N3O3. The van der Waals surface area contributed by atoms with Crippen molar-refractivity contribution in [1.29, 1.82) is 0 Å². The Kier molecular flexibility index (Phi) is 6.75. The van der Waals surface area contributed by atoms with Crippen molar-refractivity contribution in [3.05, 3.63) is 70.8 Å². The number of rotatable bonds is 7. The minimum absolute atomic E-state index is 0.154. The lowest BCUT2D eigenvalue weighted by atomic mass is 9.93. The van der Waals surface area contributed by atoms with E-state index >= 15 is 0 Å². The first-order chi connectivity index (χ1) is 13.3. The van der Waals surface area contributed by atoms with Crippen LogP contribution in [0.15, 0.2) is 58.8 Å². The fourth-order valence-electron chi connectivity index (χ4n) is 2.53. The highest BCUT2D eigenvalue weighted by molar-refractivity contribution is 6.45. The van der Waals surface area contributed by atoms with Gasteiger partial charge >= 0.3 is 6.18 Å². The molecule has 0 heterocycles. The summed E-state index contributed by atoms with van der Waals surface area (Å²) in [5, 5.41) is 7.41. The molecule has 1 unspecified atom stereocenters. The van der Waals surface area contributed by atoms with Gasteiger partial charge in [0, 0.05) is 17.3 Å². The van der Waals surface area contributed by atoms with Crippen LogP contribution in [0.3, 0.4) is 0 Å². The van der Waals surface area contributed by atoms with E-state index in [1.54, 1.807) is 31.2 Å². The first-order valence-electron chi connectivity index (χ1n) is 8.10. The lowest BCUT2D eigenvalue weighted by molar-refractivity contribution is -0.137. The van der Waals surface area contributed by atoms with Crippen molar-refractivity contribution in [2.45, 2.75) is 19.2 Å². The van der Waals surface area contributed by atoms with Gasteiger partial charge in [-0.05, 0) is 24.6 Å². The van der Waals surface area contributed by atoms with Crippen molar-refractivity contribution >= 4 is 17.8 Å². The third-order valence-corrected chi connectivity index (χ3v) is 3.73. The van der Waals surface area contributed by atoms with Crippen LogP contribution in [-0.4, -0.2) is 24.9 Å². The smallest absolute Gasteiger partial charge is 0.398 e. The van der Waals surface area contributed by atoms with E-state index in [-0.39, 0.29) is 5.71 Å². The number of carbonyl (C=O) groups is 1. The zero-order valence-corrected chi connectivity index (χ0v) is 15.1. The lowest BCUT2D eigenvalue weighted by Gasteiger charge is -2.19. The highest BCUT2D eigenvalue weighted by atomic mass is 19.4. The number of hydrogen-bond acceptors (Lipinski definition) is 5. The third kappa shape index (κ3) is 4.87. The number of nitrogens with two attached hydrogens (primary N) is 1. The summed E-state index contributed by atoms with van der Waals surface area (Å²) in [6.45, 7) is 1.62. The zero-order valence-electron chi connectivity index (χ0n) is 15.1. The number of primary amides is 1. The quantitative estimate of drug-likeness (QED) is 0.575. The van der Waals surface area contributed by atoms with Gasteiger partial charge in [0.15, 0.2) is 11.8 Å². The minimum Gasteiger partial charge on any atom is -0.398 e. The van der Waals surface area contributed by atoms with Gasteiger partial charge in [0.25, 0.3) is 5.91 Å². The summed E-state index contributed by atoms with van der Waals surface area (Å²) in [4.78, 5) is 22.0. The number of benzene rings is 2. The van der Waals surface area contributed by atoms with E-state index in [0.717, 1.165) is 12.1 Å². The van der Waals surface area contributed by atoms with E-state index in [1.165, 1.54) is 25.5 Å². The standard InChI is InChI=1S/C19H18F3N3O3/c1-3-24-28-17(12-8-10-13(11-9-12)19(20,21)22)15-7-5-4-6-14(15)16(18(23)26)25-27-2/h3-11,17H,1-2H3,(H2,23,26)/b24-3+,25-16+. The molecule has 0 saturated carbocycles. The van der Waals surface area contributed by atoms with Crippen LogP contribution in [0.25, 0.3) is 0 Å². The fraction of sp³-hybridized carbons (Fsp3) is 0.211. The predicted octanol–water partition coefficient (Wildman–Crippen LogP) is 3.65. The van der Waals surface area contributed by atoms with Crippen LogP contribution in [0.2, 0.25) is 0 Å². The SMILES string of the molecule is C/C=N/OC(c1ccc(C(F)(F)F)cc1)c1ccccc1/C(=N\OC)C(N)=O. The van der Waals surface area contributed by atoms with Crippen LogP contribution >= 0.6 is 0 Å². The Bertz CT molecular complexity index is 878. The molecule has 1 atom stereocenters. The van der Waals surface area contributed by atoms with Crippen LogP contribution in [0.4, 0.5) is 13.2 Å². The van der Waals surface area contributed by atoms with Gasteiger partial charge in [-0.3, -0.25) is 4.79 Å². The molecule has 2 N–H and O–H groups in total. The molecule has 9 heteroatoms. The van der Waals surface area contributed by atoms with E-state index in [9.17, 15) is 18.0 Å². The van der Waals surface area contributed by atoms with Crippen LogP contribution in [0, 0.1) is 0 Å². The summed E-state index contributed by atoms with van der Waals surface area (Å²) in [5.41, 5.74) is 5.58. The van der Waals surface area contributed by atoms with E-state index in [4.69, 9.17) is 10.6 Å². The highest BCUT2D eigenvalue weighted by Crippen LogP contribution is 2.33. The van der Waals surface area contributed by atoms with Crippen molar-refractivity contribution in [1.82, 2.24) is 0 Å². The van der Waals surface area contributed by atoms with Crippen LogP contribution in [0.1, 0.15) is 35.3 Å². The van der Waals surface area contributed by atoms with Gasteiger partial charge in [-0.15, -0.1) is 0 Å². The number of nitrogens with zero attached hydrogens (tertiary/aromatic N) is 2. The molecule has 0 radical (unpaired) electrons. The Balaban J connectivity index is 2.59. The van der Waals surface area contributed by atoms with Gasteiger partial charge in [0.05, 0.1) is 5.56 Å². The molecule has 0 aliphatic heterocycles. The van der Waals surface area contributed by atoms with Crippen molar-refractivity contribution in [2.75, 3.05) is 7.11 Å². The predicted molar refractivity (Wildman–Crippen MR) is 97.7 cm³/mol. The summed E-state index contributed by atoms with van der Waals surface area (Å²) in [6.07, 6.45) is -3.98. The molecule has 2 aromatic carbocycles. The zero-order chi connectivity index (χ0) is 20.7. The van der Waals surface area contributed by atoms with Crippen molar-refractivity contribution in [3.63, 3.8) is 0 Å². The molecule has 148 valence electrons. The Hall–Kier alpha value is -3.36. The second kappa shape index (κ2) is 9.03. The second-order valence-electron chi connectivity index (χ2n) is 5.54. The normalized spacial score (nSPS) is 13.4. The van der Waals surface area contributed by atoms with E-state index in [0.29, 0.717) is 16.7 Å². The summed E-state index contributed by atoms with van der Waals surface area (Å²) in [5.74, 6) is -0.834. The first-order valence-corrected chi connectivity index (χ1v) is 8.10. The number of alkyl halides is 3. The molecule has 0 bridgehead atoms. The number of hydrogen-bond donors (Lipinski definition) is 1. The third-order valence-electron chi connectivity index (χ3n) is 3.73. The Morgan fingerprint density at radius 3 is 2.32 bits per heavy atom. The van der Waals surface area contributed by atoms with Gasteiger partial charge in [-0.25, -0.2) is 0 Å². The van der Waals surface area contributed by atoms with E-state index in [1.807, 2.05) is 0 Å². The second-order valence-corrected chi connectivity index (χ2v) is 5.54. The molecule has 0 aromatic heterocycles.